The number of nitriles is 1. The van der Waals surface area contributed by atoms with Crippen LogP contribution in [-0.2, 0) is 11.8 Å². The van der Waals surface area contributed by atoms with Gasteiger partial charge in [-0.2, -0.15) is 5.26 Å². The van der Waals surface area contributed by atoms with Crippen LogP contribution in [0.3, 0.4) is 0 Å². The van der Waals surface area contributed by atoms with Crippen molar-refractivity contribution < 1.29 is 9.13 Å². The zero-order valence-corrected chi connectivity index (χ0v) is 15.8. The Morgan fingerprint density at radius 1 is 1.32 bits per heavy atom. The third-order valence-corrected chi connectivity index (χ3v) is 5.58. The molecule has 0 atom stereocenters. The summed E-state index contributed by atoms with van der Waals surface area (Å²) in [6.07, 6.45) is 6.28. The zero-order valence-electron chi connectivity index (χ0n) is 14.2. The van der Waals surface area contributed by atoms with Crippen LogP contribution in [0.1, 0.15) is 36.8 Å². The van der Waals surface area contributed by atoms with Crippen molar-refractivity contribution in [3.63, 3.8) is 0 Å². The average molecular weight is 403 g/mol. The second-order valence-electron chi connectivity index (χ2n) is 6.61. The molecule has 3 rings (SSSR count). The number of rotatable bonds is 5. The van der Waals surface area contributed by atoms with Crippen LogP contribution in [0.25, 0.3) is 11.3 Å². The van der Waals surface area contributed by atoms with E-state index in [0.29, 0.717) is 28.8 Å². The third-order valence-electron chi connectivity index (χ3n) is 4.93. The Morgan fingerprint density at radius 2 is 2.08 bits per heavy atom. The fraction of sp³-hybridized carbons (Fsp3) is 0.400. The minimum absolute atomic E-state index is 0.335. The maximum absolute atomic E-state index is 14.5. The Morgan fingerprint density at radius 3 is 2.72 bits per heavy atom. The van der Waals surface area contributed by atoms with Gasteiger partial charge in [0.15, 0.2) is 0 Å². The highest BCUT2D eigenvalue weighted by molar-refractivity contribution is 9.08. The molecule has 0 unspecified atom stereocenters. The summed E-state index contributed by atoms with van der Waals surface area (Å²) in [5.41, 5.74) is 2.60. The minimum atomic E-state index is -0.364. The summed E-state index contributed by atoms with van der Waals surface area (Å²) < 4.78 is 19.7. The van der Waals surface area contributed by atoms with Gasteiger partial charge in [-0.15, -0.1) is 0 Å². The second kappa shape index (κ2) is 7.53. The Hall–Kier alpha value is -1.93. The number of ether oxygens (including phenoxy) is 1. The van der Waals surface area contributed by atoms with Crippen molar-refractivity contribution in [2.45, 2.75) is 37.4 Å². The van der Waals surface area contributed by atoms with E-state index in [4.69, 9.17) is 4.74 Å². The molecule has 1 heterocycles. The number of hydrogen-bond donors (Lipinski definition) is 0. The van der Waals surface area contributed by atoms with Crippen LogP contribution in [0, 0.1) is 22.6 Å². The van der Waals surface area contributed by atoms with E-state index in [9.17, 15) is 9.65 Å². The lowest BCUT2D eigenvalue weighted by Crippen LogP contribution is -2.18. The van der Waals surface area contributed by atoms with E-state index in [0.717, 1.165) is 36.8 Å². The Labute approximate surface area is 156 Å². The van der Waals surface area contributed by atoms with Gasteiger partial charge in [-0.1, -0.05) is 34.8 Å². The zero-order chi connectivity index (χ0) is 17.9. The SMILES string of the molecule is COc1ccc(F)c(-c2ncc(CBr)cc2CC2(C#N)CCCC2)c1. The number of pyridine rings is 1. The molecule has 1 aliphatic rings. The van der Waals surface area contributed by atoms with E-state index < -0.39 is 0 Å². The van der Waals surface area contributed by atoms with Gasteiger partial charge in [0.25, 0.3) is 0 Å². The molecular weight excluding hydrogens is 383 g/mol. The van der Waals surface area contributed by atoms with Crippen LogP contribution in [0.4, 0.5) is 4.39 Å². The first-order chi connectivity index (χ1) is 12.1. The van der Waals surface area contributed by atoms with Crippen LogP contribution in [-0.4, -0.2) is 12.1 Å². The number of alkyl halides is 1. The normalized spacial score (nSPS) is 15.8. The molecule has 0 N–H and O–H groups in total. The lowest BCUT2D eigenvalue weighted by atomic mass is 9.80. The van der Waals surface area contributed by atoms with Crippen molar-refractivity contribution in [1.82, 2.24) is 4.98 Å². The quantitative estimate of drug-likeness (QED) is 0.627. The maximum atomic E-state index is 14.5. The van der Waals surface area contributed by atoms with Crippen LogP contribution in [0.15, 0.2) is 30.5 Å². The van der Waals surface area contributed by atoms with Gasteiger partial charge in [0, 0.05) is 17.1 Å². The van der Waals surface area contributed by atoms with Crippen LogP contribution >= 0.6 is 15.9 Å². The van der Waals surface area contributed by atoms with Gasteiger partial charge in [0.1, 0.15) is 11.6 Å². The summed E-state index contributed by atoms with van der Waals surface area (Å²) in [7, 11) is 1.56. The van der Waals surface area contributed by atoms with Gasteiger partial charge < -0.3 is 4.74 Å². The molecule has 2 aromatic rings. The van der Waals surface area contributed by atoms with Crippen molar-refractivity contribution in [2.75, 3.05) is 7.11 Å². The molecule has 1 fully saturated rings. The fourth-order valence-corrected chi connectivity index (χ4v) is 3.87. The van der Waals surface area contributed by atoms with Crippen LogP contribution in [0.5, 0.6) is 5.75 Å². The first-order valence-electron chi connectivity index (χ1n) is 8.40. The molecule has 1 aromatic carbocycles. The van der Waals surface area contributed by atoms with Crippen molar-refractivity contribution in [1.29, 1.82) is 5.26 Å². The first-order valence-corrected chi connectivity index (χ1v) is 9.52. The number of benzene rings is 1. The predicted molar refractivity (Wildman–Crippen MR) is 99.0 cm³/mol. The van der Waals surface area contributed by atoms with E-state index >= 15 is 0 Å². The summed E-state index contributed by atoms with van der Waals surface area (Å²) in [5, 5.41) is 10.4. The molecule has 0 aliphatic heterocycles. The molecule has 25 heavy (non-hydrogen) atoms. The molecule has 0 saturated heterocycles. The summed E-state index contributed by atoms with van der Waals surface area (Å²) in [4.78, 5) is 4.53. The molecule has 1 aromatic heterocycles. The molecule has 1 saturated carbocycles. The molecule has 3 nitrogen and oxygen atoms in total. The maximum Gasteiger partial charge on any atom is 0.132 e. The largest absolute Gasteiger partial charge is 0.497 e. The van der Waals surface area contributed by atoms with Crippen molar-refractivity contribution in [3.8, 4) is 23.1 Å². The van der Waals surface area contributed by atoms with Crippen molar-refractivity contribution >= 4 is 15.9 Å². The summed E-state index contributed by atoms with van der Waals surface area (Å²) >= 11 is 3.45. The molecule has 130 valence electrons. The van der Waals surface area contributed by atoms with Crippen LogP contribution < -0.4 is 4.74 Å². The number of aromatic nitrogens is 1. The Bertz CT molecular complexity index is 810. The highest BCUT2D eigenvalue weighted by Crippen LogP contribution is 2.42. The third kappa shape index (κ3) is 3.69. The molecule has 0 spiro atoms. The van der Waals surface area contributed by atoms with Crippen molar-refractivity contribution in [2.24, 2.45) is 5.41 Å². The average Bonchev–Trinajstić information content (AvgIpc) is 3.11. The number of nitrogens with zero attached hydrogens (tertiary/aromatic N) is 2. The van der Waals surface area contributed by atoms with Crippen molar-refractivity contribution in [3.05, 3.63) is 47.4 Å². The van der Waals surface area contributed by atoms with Crippen LogP contribution in [0.2, 0.25) is 0 Å². The number of hydrogen-bond acceptors (Lipinski definition) is 3. The van der Waals surface area contributed by atoms with E-state index in [1.807, 2.05) is 6.07 Å². The highest BCUT2D eigenvalue weighted by Gasteiger charge is 2.35. The molecule has 0 bridgehead atoms. The van der Waals surface area contributed by atoms with Gasteiger partial charge in [-0.25, -0.2) is 4.39 Å². The summed E-state index contributed by atoms with van der Waals surface area (Å²) in [6.45, 7) is 0. The fourth-order valence-electron chi connectivity index (χ4n) is 3.57. The van der Waals surface area contributed by atoms with E-state index in [-0.39, 0.29) is 11.2 Å². The number of halogens is 2. The standard InChI is InChI=1S/C20H20BrFN2O/c1-25-16-4-5-18(22)17(9-16)19-15(8-14(11-21)12-24-19)10-20(13-23)6-2-3-7-20/h4-5,8-9,12H,2-3,6-7,10-11H2,1H3. The molecule has 0 amide bonds. The van der Waals surface area contributed by atoms with Gasteiger partial charge in [0.05, 0.1) is 24.3 Å². The predicted octanol–water partition coefficient (Wildman–Crippen LogP) is 5.42. The summed E-state index contributed by atoms with van der Waals surface area (Å²) in [5.74, 6) is 0.253. The van der Waals surface area contributed by atoms with E-state index in [1.54, 1.807) is 25.4 Å². The Kier molecular flexibility index (Phi) is 5.39. The molecule has 5 heteroatoms. The smallest absolute Gasteiger partial charge is 0.132 e. The minimum Gasteiger partial charge on any atom is -0.497 e. The van der Waals surface area contributed by atoms with E-state index in [1.165, 1.54) is 6.07 Å². The topological polar surface area (TPSA) is 45.9 Å². The molecule has 0 radical (unpaired) electrons. The summed E-state index contributed by atoms with van der Waals surface area (Å²) in [6, 6.07) is 9.22. The Balaban J connectivity index is 2.10. The van der Waals surface area contributed by atoms with Gasteiger partial charge in [-0.3, -0.25) is 4.98 Å². The lowest BCUT2D eigenvalue weighted by molar-refractivity contribution is 0.407. The van der Waals surface area contributed by atoms with E-state index in [2.05, 4.69) is 27.0 Å². The molecular formula is C20H20BrFN2O. The van der Waals surface area contributed by atoms with Gasteiger partial charge >= 0.3 is 0 Å². The first kappa shape index (κ1) is 17.9. The highest BCUT2D eigenvalue weighted by atomic mass is 79.9. The van der Waals surface area contributed by atoms with Gasteiger partial charge in [0.2, 0.25) is 0 Å². The molecule has 1 aliphatic carbocycles. The van der Waals surface area contributed by atoms with Gasteiger partial charge in [-0.05, 0) is 48.6 Å². The second-order valence-corrected chi connectivity index (χ2v) is 7.17. The number of methoxy groups -OCH3 is 1. The monoisotopic (exact) mass is 402 g/mol. The lowest BCUT2D eigenvalue weighted by Gasteiger charge is -2.22.